The summed E-state index contributed by atoms with van der Waals surface area (Å²) < 4.78 is 0. The molecule has 1 nitrogen and oxygen atoms in total. The lowest BCUT2D eigenvalue weighted by Gasteiger charge is -2.31. The van der Waals surface area contributed by atoms with Gasteiger partial charge in [0.05, 0.1) is 0 Å². The Morgan fingerprint density at radius 2 is 0.659 bits per heavy atom. The molecule has 1 aliphatic rings. The van der Waals surface area contributed by atoms with E-state index in [-0.39, 0.29) is 0 Å². The van der Waals surface area contributed by atoms with Crippen LogP contribution in [0.25, 0.3) is 22.3 Å². The average molecular weight is 578 g/mol. The van der Waals surface area contributed by atoms with Gasteiger partial charge < -0.3 is 4.90 Å². The fraction of sp³-hybridized carbons (Fsp3) is 0. The Morgan fingerprint density at radius 1 is 0.295 bits per heavy atom. The van der Waals surface area contributed by atoms with E-state index < -0.39 is 8.07 Å². The summed E-state index contributed by atoms with van der Waals surface area (Å²) in [6.45, 7) is 0. The molecule has 0 saturated heterocycles. The molecule has 0 radical (unpaired) electrons. The molecule has 0 bridgehead atoms. The van der Waals surface area contributed by atoms with Crippen molar-refractivity contribution in [3.05, 3.63) is 188 Å². The Labute approximate surface area is 260 Å². The first kappa shape index (κ1) is 26.2. The number of hydrogen-bond donors (Lipinski definition) is 0. The van der Waals surface area contributed by atoms with Gasteiger partial charge in [0.25, 0.3) is 0 Å². The van der Waals surface area contributed by atoms with Gasteiger partial charge in [-0.05, 0) is 79.4 Å². The van der Waals surface area contributed by atoms with E-state index in [1.165, 1.54) is 43.0 Å². The number of fused-ring (bicyclic) bond motifs is 3. The second kappa shape index (κ2) is 11.0. The molecule has 0 aromatic heterocycles. The molecule has 44 heavy (non-hydrogen) atoms. The maximum absolute atomic E-state index is 2.46. The zero-order valence-electron chi connectivity index (χ0n) is 24.3. The number of benzene rings is 7. The molecular formula is C42H31NSi. The van der Waals surface area contributed by atoms with E-state index in [9.17, 15) is 0 Å². The number of hydrogen-bond acceptors (Lipinski definition) is 1. The van der Waals surface area contributed by atoms with E-state index >= 15 is 0 Å². The van der Waals surface area contributed by atoms with Crippen molar-refractivity contribution in [1.82, 2.24) is 0 Å². The van der Waals surface area contributed by atoms with Crippen LogP contribution in [-0.4, -0.2) is 8.07 Å². The molecule has 208 valence electrons. The van der Waals surface area contributed by atoms with Crippen LogP contribution in [0.5, 0.6) is 0 Å². The van der Waals surface area contributed by atoms with Gasteiger partial charge in [0.15, 0.2) is 8.07 Å². The second-order valence-electron chi connectivity index (χ2n) is 11.3. The van der Waals surface area contributed by atoms with Gasteiger partial charge in [0.2, 0.25) is 0 Å². The smallest absolute Gasteiger partial charge is 0.180 e. The first-order chi connectivity index (χ1) is 21.8. The third-order valence-electron chi connectivity index (χ3n) is 8.96. The van der Waals surface area contributed by atoms with Crippen LogP contribution in [0.1, 0.15) is 0 Å². The second-order valence-corrected chi connectivity index (χ2v) is 15.1. The van der Waals surface area contributed by atoms with E-state index in [1.54, 1.807) is 0 Å². The Morgan fingerprint density at radius 3 is 1.16 bits per heavy atom. The molecule has 0 aliphatic carbocycles. The Bertz CT molecular complexity index is 1950. The number of para-hydroxylation sites is 2. The van der Waals surface area contributed by atoms with Gasteiger partial charge in [-0.1, -0.05) is 152 Å². The first-order valence-electron chi connectivity index (χ1n) is 15.2. The summed E-state index contributed by atoms with van der Waals surface area (Å²) in [4.78, 5) is 2.30. The third kappa shape index (κ3) is 4.23. The highest BCUT2D eigenvalue weighted by Crippen LogP contribution is 2.35. The minimum Gasteiger partial charge on any atom is -0.311 e. The largest absolute Gasteiger partial charge is 0.311 e. The maximum atomic E-state index is 2.39. The van der Waals surface area contributed by atoms with E-state index in [2.05, 4.69) is 193 Å². The molecule has 1 aliphatic heterocycles. The average Bonchev–Trinajstić information content (AvgIpc) is 3.41. The fourth-order valence-electron chi connectivity index (χ4n) is 7.03. The summed E-state index contributed by atoms with van der Waals surface area (Å²) in [6, 6.07) is 68.8. The zero-order chi connectivity index (χ0) is 29.3. The van der Waals surface area contributed by atoms with Crippen LogP contribution < -0.4 is 25.6 Å². The first-order valence-corrected chi connectivity index (χ1v) is 17.2. The van der Waals surface area contributed by atoms with Gasteiger partial charge >= 0.3 is 0 Å². The summed E-state index contributed by atoms with van der Waals surface area (Å²) in [5.74, 6) is 0. The number of nitrogens with zero attached hydrogens (tertiary/aromatic N) is 1. The predicted octanol–water partition coefficient (Wildman–Crippen LogP) is 8.18. The molecule has 1 heterocycles. The predicted molar refractivity (Wildman–Crippen MR) is 189 cm³/mol. The molecular weight excluding hydrogens is 547 g/mol. The molecule has 0 fully saturated rings. The Kier molecular flexibility index (Phi) is 6.55. The van der Waals surface area contributed by atoms with Crippen molar-refractivity contribution < 1.29 is 0 Å². The standard InChI is InChI=1S/C42H31NSi/c1-4-14-34(15-5-1)43(35-16-6-2-7-17-35)36-28-24-32(25-29-36)33-26-30-38(31-27-33)44(37-18-8-3-9-19-37)41-22-12-10-20-39(41)40-21-11-13-23-42(40)44/h1-31H. The lowest BCUT2D eigenvalue weighted by atomic mass is 10.0. The topological polar surface area (TPSA) is 3.24 Å². The fourth-order valence-corrected chi connectivity index (χ4v) is 12.2. The van der Waals surface area contributed by atoms with Crippen LogP contribution >= 0.6 is 0 Å². The highest BCUT2D eigenvalue weighted by Gasteiger charge is 2.48. The summed E-state index contributed by atoms with van der Waals surface area (Å²) in [7, 11) is -2.46. The summed E-state index contributed by atoms with van der Waals surface area (Å²) in [6.07, 6.45) is 0. The van der Waals surface area contributed by atoms with E-state index in [0.29, 0.717) is 0 Å². The third-order valence-corrected chi connectivity index (χ3v) is 13.9. The SMILES string of the molecule is c1ccc(N(c2ccccc2)c2ccc(-c3ccc([Si]4(c5ccccc5)c5ccccc5-c5ccccc54)cc3)cc2)cc1. The molecule has 0 saturated carbocycles. The van der Waals surface area contributed by atoms with Crippen LogP contribution in [0.2, 0.25) is 0 Å². The van der Waals surface area contributed by atoms with Crippen LogP contribution in [0.3, 0.4) is 0 Å². The van der Waals surface area contributed by atoms with Crippen molar-refractivity contribution in [3.63, 3.8) is 0 Å². The Balaban J connectivity index is 1.20. The summed E-state index contributed by atoms with van der Waals surface area (Å²) >= 11 is 0. The quantitative estimate of drug-likeness (QED) is 0.180. The van der Waals surface area contributed by atoms with Gasteiger partial charge in [0, 0.05) is 17.1 Å². The molecule has 7 aromatic rings. The molecule has 7 aromatic carbocycles. The highest BCUT2D eigenvalue weighted by atomic mass is 28.3. The molecule has 8 rings (SSSR count). The van der Waals surface area contributed by atoms with Gasteiger partial charge in [-0.2, -0.15) is 0 Å². The summed E-state index contributed by atoms with van der Waals surface area (Å²) in [5, 5.41) is 5.80. The van der Waals surface area contributed by atoms with Gasteiger partial charge in [-0.25, -0.2) is 0 Å². The molecule has 0 N–H and O–H groups in total. The number of anilines is 3. The summed E-state index contributed by atoms with van der Waals surface area (Å²) in [5.41, 5.74) is 8.61. The van der Waals surface area contributed by atoms with Crippen molar-refractivity contribution in [1.29, 1.82) is 0 Å². The maximum Gasteiger partial charge on any atom is 0.180 e. The molecule has 0 amide bonds. The lowest BCUT2D eigenvalue weighted by Crippen LogP contribution is -2.72. The van der Waals surface area contributed by atoms with Crippen molar-refractivity contribution in [2.24, 2.45) is 0 Å². The minimum absolute atomic E-state index is 1.14. The van der Waals surface area contributed by atoms with Crippen molar-refractivity contribution in [2.45, 2.75) is 0 Å². The molecule has 0 atom stereocenters. The zero-order valence-corrected chi connectivity index (χ0v) is 25.3. The highest BCUT2D eigenvalue weighted by molar-refractivity contribution is 7.22. The van der Waals surface area contributed by atoms with Gasteiger partial charge in [0.1, 0.15) is 0 Å². The molecule has 0 unspecified atom stereocenters. The monoisotopic (exact) mass is 577 g/mol. The molecule has 0 spiro atoms. The number of rotatable bonds is 6. The van der Waals surface area contributed by atoms with Crippen molar-refractivity contribution in [2.75, 3.05) is 4.90 Å². The van der Waals surface area contributed by atoms with Crippen molar-refractivity contribution >= 4 is 45.9 Å². The van der Waals surface area contributed by atoms with Crippen LogP contribution in [0.15, 0.2) is 188 Å². The van der Waals surface area contributed by atoms with E-state index in [4.69, 9.17) is 0 Å². The van der Waals surface area contributed by atoms with Gasteiger partial charge in [-0.3, -0.25) is 0 Å². The molecule has 2 heteroatoms. The minimum atomic E-state index is -2.46. The normalized spacial score (nSPS) is 12.7. The van der Waals surface area contributed by atoms with Crippen molar-refractivity contribution in [3.8, 4) is 22.3 Å². The van der Waals surface area contributed by atoms with Crippen LogP contribution in [0, 0.1) is 0 Å². The Hall–Kier alpha value is -5.44. The lowest BCUT2D eigenvalue weighted by molar-refractivity contribution is 1.28. The van der Waals surface area contributed by atoms with Crippen LogP contribution in [0.4, 0.5) is 17.1 Å². The van der Waals surface area contributed by atoms with Gasteiger partial charge in [-0.15, -0.1) is 0 Å². The van der Waals surface area contributed by atoms with E-state index in [1.807, 2.05) is 0 Å². The van der Waals surface area contributed by atoms with Crippen LogP contribution in [-0.2, 0) is 0 Å². The van der Waals surface area contributed by atoms with E-state index in [0.717, 1.165) is 17.1 Å².